The number of carbonyl (C=O) groups is 2. The fourth-order valence-corrected chi connectivity index (χ4v) is 2.32. The van der Waals surface area contributed by atoms with E-state index in [9.17, 15) is 9.59 Å². The van der Waals surface area contributed by atoms with E-state index in [1.165, 1.54) is 11.8 Å². The summed E-state index contributed by atoms with van der Waals surface area (Å²) < 4.78 is 11.6. The molecule has 1 aromatic carbocycles. The first kappa shape index (κ1) is 17.6. The topological polar surface area (TPSA) is 69.6 Å². The van der Waals surface area contributed by atoms with Crippen LogP contribution in [0, 0.1) is 6.92 Å². The molecule has 0 fully saturated rings. The predicted molar refractivity (Wildman–Crippen MR) is 91.5 cm³/mol. The number of rotatable bonds is 3. The molecule has 24 heavy (non-hydrogen) atoms. The maximum Gasteiger partial charge on any atom is 0.426 e. The third-order valence-corrected chi connectivity index (χ3v) is 3.34. The first-order valence-corrected chi connectivity index (χ1v) is 7.58. The van der Waals surface area contributed by atoms with Crippen molar-refractivity contribution in [2.75, 3.05) is 12.5 Å². The lowest BCUT2D eigenvalue weighted by molar-refractivity contribution is 0.0589. The molecule has 6 nitrogen and oxygen atoms in total. The maximum atomic E-state index is 12.2. The van der Waals surface area contributed by atoms with Crippen molar-refractivity contribution in [3.05, 3.63) is 47.8 Å². The molecule has 0 spiro atoms. The Morgan fingerprint density at radius 1 is 1.12 bits per heavy atom. The first-order valence-electron chi connectivity index (χ1n) is 7.58. The molecule has 0 aliphatic heterocycles. The van der Waals surface area contributed by atoms with Crippen LogP contribution in [0.1, 0.15) is 36.8 Å². The fraction of sp³-hybridized carbons (Fsp3) is 0.333. The van der Waals surface area contributed by atoms with Gasteiger partial charge < -0.3 is 9.47 Å². The largest absolute Gasteiger partial charge is 0.465 e. The summed E-state index contributed by atoms with van der Waals surface area (Å²) in [6, 6.07) is 9.43. The van der Waals surface area contributed by atoms with Crippen molar-refractivity contribution in [2.24, 2.45) is 0 Å². The van der Waals surface area contributed by atoms with Gasteiger partial charge in [0, 0.05) is 11.8 Å². The number of nitrogens with one attached hydrogen (secondary N) is 1. The van der Waals surface area contributed by atoms with E-state index >= 15 is 0 Å². The Morgan fingerprint density at radius 2 is 1.75 bits per heavy atom. The van der Waals surface area contributed by atoms with Crippen molar-refractivity contribution >= 4 is 12.1 Å². The summed E-state index contributed by atoms with van der Waals surface area (Å²) in [6.07, 6.45) is 1.08. The Balaban J connectivity index is 2.42. The molecule has 0 aliphatic carbocycles. The molecule has 0 radical (unpaired) electrons. The van der Waals surface area contributed by atoms with Crippen LogP contribution in [0.2, 0.25) is 0 Å². The SMILES string of the molecule is COC(=O)c1c(-c2ccccc2)cn(NC(=O)OC(C)(C)C)c1C. The molecular formula is C18H22N2O4. The molecule has 0 bridgehead atoms. The Hall–Kier alpha value is -2.76. The molecule has 0 unspecified atom stereocenters. The minimum atomic E-state index is -0.613. The third kappa shape index (κ3) is 3.95. The molecule has 1 aromatic heterocycles. The zero-order valence-electron chi connectivity index (χ0n) is 14.5. The van der Waals surface area contributed by atoms with Gasteiger partial charge in [0.25, 0.3) is 0 Å². The quantitative estimate of drug-likeness (QED) is 0.871. The lowest BCUT2D eigenvalue weighted by Crippen LogP contribution is -2.31. The molecule has 2 aromatic rings. The normalized spacial score (nSPS) is 11.0. The third-order valence-electron chi connectivity index (χ3n) is 3.34. The van der Waals surface area contributed by atoms with Crippen LogP contribution in [0.5, 0.6) is 0 Å². The van der Waals surface area contributed by atoms with Crippen LogP contribution in [0.25, 0.3) is 11.1 Å². The summed E-state index contributed by atoms with van der Waals surface area (Å²) in [5.41, 5.74) is 4.51. The number of aromatic nitrogens is 1. The highest BCUT2D eigenvalue weighted by atomic mass is 16.6. The van der Waals surface area contributed by atoms with E-state index in [-0.39, 0.29) is 0 Å². The monoisotopic (exact) mass is 330 g/mol. The molecule has 6 heteroatoms. The standard InChI is InChI=1S/C18H22N2O4/c1-12-15(16(21)23-5)14(13-9-7-6-8-10-13)11-20(12)19-17(22)24-18(2,3)4/h6-11H,1-5H3,(H,19,22). The number of esters is 1. The molecule has 1 N–H and O–H groups in total. The Bertz CT molecular complexity index is 742. The molecule has 0 saturated heterocycles. The van der Waals surface area contributed by atoms with Crippen molar-refractivity contribution in [3.8, 4) is 11.1 Å². The molecule has 0 atom stereocenters. The van der Waals surface area contributed by atoms with Crippen molar-refractivity contribution in [1.29, 1.82) is 0 Å². The van der Waals surface area contributed by atoms with E-state index < -0.39 is 17.7 Å². The molecule has 2 rings (SSSR count). The van der Waals surface area contributed by atoms with Gasteiger partial charge >= 0.3 is 12.1 Å². The van der Waals surface area contributed by atoms with Crippen LogP contribution in [0.15, 0.2) is 36.5 Å². The van der Waals surface area contributed by atoms with Gasteiger partial charge in [-0.05, 0) is 33.3 Å². The van der Waals surface area contributed by atoms with Crippen molar-refractivity contribution < 1.29 is 19.1 Å². The van der Waals surface area contributed by atoms with Crippen LogP contribution in [-0.4, -0.2) is 29.4 Å². The predicted octanol–water partition coefficient (Wildman–Crippen LogP) is 3.73. The summed E-state index contributed by atoms with van der Waals surface area (Å²) in [6.45, 7) is 7.08. The fourth-order valence-electron chi connectivity index (χ4n) is 2.32. The van der Waals surface area contributed by atoms with Crippen molar-refractivity contribution in [1.82, 2.24) is 4.68 Å². The van der Waals surface area contributed by atoms with E-state index in [4.69, 9.17) is 9.47 Å². The Morgan fingerprint density at radius 3 is 2.29 bits per heavy atom. The molecule has 1 heterocycles. The van der Waals surface area contributed by atoms with Crippen LogP contribution in [0.3, 0.4) is 0 Å². The van der Waals surface area contributed by atoms with E-state index in [2.05, 4.69) is 5.43 Å². The van der Waals surface area contributed by atoms with Crippen LogP contribution in [0.4, 0.5) is 4.79 Å². The summed E-state index contributed by atoms with van der Waals surface area (Å²) in [5.74, 6) is -0.462. The van der Waals surface area contributed by atoms with Gasteiger partial charge in [-0.1, -0.05) is 30.3 Å². The number of carbonyl (C=O) groups excluding carboxylic acids is 2. The van der Waals surface area contributed by atoms with E-state index in [0.717, 1.165) is 5.56 Å². The van der Waals surface area contributed by atoms with Crippen molar-refractivity contribution in [2.45, 2.75) is 33.3 Å². The van der Waals surface area contributed by atoms with Crippen LogP contribution >= 0.6 is 0 Å². The van der Waals surface area contributed by atoms with Gasteiger partial charge in [-0.15, -0.1) is 0 Å². The molecule has 0 saturated carbocycles. The molecule has 0 aliphatic rings. The zero-order chi connectivity index (χ0) is 17.9. The van der Waals surface area contributed by atoms with Crippen LogP contribution < -0.4 is 5.43 Å². The van der Waals surface area contributed by atoms with Gasteiger partial charge in [0.2, 0.25) is 0 Å². The van der Waals surface area contributed by atoms with Gasteiger partial charge in [0.05, 0.1) is 18.4 Å². The second-order valence-corrected chi connectivity index (χ2v) is 6.34. The number of ether oxygens (including phenoxy) is 2. The number of nitrogens with zero attached hydrogens (tertiary/aromatic N) is 1. The van der Waals surface area contributed by atoms with E-state index in [0.29, 0.717) is 16.8 Å². The van der Waals surface area contributed by atoms with Gasteiger partial charge in [0.15, 0.2) is 0 Å². The number of hydrogen-bond acceptors (Lipinski definition) is 4. The molecule has 1 amide bonds. The number of benzene rings is 1. The summed E-state index contributed by atoms with van der Waals surface area (Å²) >= 11 is 0. The van der Waals surface area contributed by atoms with Crippen molar-refractivity contribution in [3.63, 3.8) is 0 Å². The Labute approximate surface area is 141 Å². The highest BCUT2D eigenvalue weighted by Gasteiger charge is 2.23. The number of hydrogen-bond donors (Lipinski definition) is 1. The van der Waals surface area contributed by atoms with Crippen LogP contribution in [-0.2, 0) is 9.47 Å². The van der Waals surface area contributed by atoms with E-state index in [1.54, 1.807) is 33.9 Å². The maximum absolute atomic E-state index is 12.2. The lowest BCUT2D eigenvalue weighted by Gasteiger charge is -2.20. The second kappa shape index (κ2) is 6.78. The molecule has 128 valence electrons. The summed E-state index contributed by atoms with van der Waals surface area (Å²) in [7, 11) is 1.33. The summed E-state index contributed by atoms with van der Waals surface area (Å²) in [5, 5.41) is 0. The van der Waals surface area contributed by atoms with E-state index in [1.807, 2.05) is 30.3 Å². The highest BCUT2D eigenvalue weighted by Crippen LogP contribution is 2.28. The second-order valence-electron chi connectivity index (χ2n) is 6.34. The molecular weight excluding hydrogens is 308 g/mol. The average Bonchev–Trinajstić information content (AvgIpc) is 2.82. The lowest BCUT2D eigenvalue weighted by atomic mass is 10.0. The summed E-state index contributed by atoms with van der Waals surface area (Å²) in [4.78, 5) is 24.2. The first-order chi connectivity index (χ1) is 11.2. The van der Waals surface area contributed by atoms with Gasteiger partial charge in [-0.25, -0.2) is 15.0 Å². The zero-order valence-corrected chi connectivity index (χ0v) is 14.5. The average molecular weight is 330 g/mol. The van der Waals surface area contributed by atoms with Gasteiger partial charge in [-0.3, -0.25) is 4.68 Å². The smallest absolute Gasteiger partial charge is 0.426 e. The van der Waals surface area contributed by atoms with Gasteiger partial charge in [-0.2, -0.15) is 0 Å². The Kier molecular flexibility index (Phi) is 4.97. The highest BCUT2D eigenvalue weighted by molar-refractivity contribution is 5.99. The number of amides is 1. The van der Waals surface area contributed by atoms with Gasteiger partial charge in [0.1, 0.15) is 5.60 Å². The minimum Gasteiger partial charge on any atom is -0.465 e. The number of methoxy groups -OCH3 is 1. The minimum absolute atomic E-state index is 0.403.